The van der Waals surface area contributed by atoms with Gasteiger partial charge in [-0.3, -0.25) is 14.5 Å². The number of unbranched alkanes of at least 4 members (excludes halogenated alkanes) is 16. The van der Waals surface area contributed by atoms with Crippen LogP contribution in [-0.4, -0.2) is 136 Å². The lowest BCUT2D eigenvalue weighted by Gasteiger charge is -2.27. The highest BCUT2D eigenvalue weighted by atomic mass is 16.6. The number of hydrogen-bond acceptors (Lipinski definition) is 10. The van der Waals surface area contributed by atoms with Crippen LogP contribution in [0.3, 0.4) is 0 Å². The van der Waals surface area contributed by atoms with E-state index in [1.807, 2.05) is 9.80 Å². The van der Waals surface area contributed by atoms with Gasteiger partial charge >= 0.3 is 24.1 Å². The van der Waals surface area contributed by atoms with E-state index in [4.69, 9.17) is 18.9 Å². The Balaban J connectivity index is 5.18. The molecule has 0 unspecified atom stereocenters. The van der Waals surface area contributed by atoms with Gasteiger partial charge in [0.05, 0.1) is 13.2 Å². The number of amides is 2. The van der Waals surface area contributed by atoms with Crippen LogP contribution < -0.4 is 0 Å². The first-order valence-corrected chi connectivity index (χ1v) is 30.2. The molecule has 12 heteroatoms. The summed E-state index contributed by atoms with van der Waals surface area (Å²) in [5.41, 5.74) is 0. The molecule has 0 atom stereocenters. The average Bonchev–Trinajstić information content (AvgIpc) is 3.36. The number of hydrogen-bond donors (Lipinski definition) is 0. The van der Waals surface area contributed by atoms with E-state index in [-0.39, 0.29) is 37.3 Å². The number of nitrogens with zero attached hydrogens (tertiary/aromatic N) is 4. The van der Waals surface area contributed by atoms with Crippen LogP contribution in [-0.2, 0) is 28.5 Å². The molecule has 0 aromatic carbocycles. The molecule has 0 spiro atoms. The van der Waals surface area contributed by atoms with E-state index < -0.39 is 0 Å². The van der Waals surface area contributed by atoms with Crippen LogP contribution in [0, 0.1) is 11.8 Å². The third kappa shape index (κ3) is 41.4. The van der Waals surface area contributed by atoms with Gasteiger partial charge in [0, 0.05) is 52.1 Å². The van der Waals surface area contributed by atoms with Crippen LogP contribution in [0.4, 0.5) is 9.59 Å². The van der Waals surface area contributed by atoms with Crippen LogP contribution in [0.1, 0.15) is 254 Å². The first-order chi connectivity index (χ1) is 34.6. The highest BCUT2D eigenvalue weighted by Crippen LogP contribution is 2.20. The Morgan fingerprint density at radius 3 is 0.986 bits per heavy atom. The summed E-state index contributed by atoms with van der Waals surface area (Å²) < 4.78 is 23.4. The lowest BCUT2D eigenvalue weighted by molar-refractivity contribution is -0.146. The van der Waals surface area contributed by atoms with E-state index >= 15 is 0 Å². The minimum absolute atomic E-state index is 0.0996. The molecule has 0 aromatic rings. The zero-order chi connectivity index (χ0) is 52.4. The summed E-state index contributed by atoms with van der Waals surface area (Å²) in [6, 6.07) is 0. The molecule has 0 rings (SSSR count). The van der Waals surface area contributed by atoms with Crippen LogP contribution in [0.5, 0.6) is 0 Å². The summed E-state index contributed by atoms with van der Waals surface area (Å²) in [5, 5.41) is 0. The molecule has 0 radical (unpaired) electrons. The fourth-order valence-corrected chi connectivity index (χ4v) is 9.21. The van der Waals surface area contributed by atoms with Crippen molar-refractivity contribution in [2.45, 2.75) is 254 Å². The second-order valence-corrected chi connectivity index (χ2v) is 20.5. The van der Waals surface area contributed by atoms with Gasteiger partial charge in [-0.1, -0.05) is 171 Å². The minimum Gasteiger partial charge on any atom is -0.465 e. The number of ether oxygens (including phenoxy) is 4. The second kappa shape index (κ2) is 50.9. The molecule has 0 aliphatic rings. The average molecular weight is 1010 g/mol. The zero-order valence-electron chi connectivity index (χ0n) is 48.0. The Morgan fingerprint density at radius 2 is 0.648 bits per heavy atom. The van der Waals surface area contributed by atoms with Gasteiger partial charge in [0.25, 0.3) is 0 Å². The molecule has 0 saturated heterocycles. The SMILES string of the molecule is CCCCCC(CCCCC)COC(=O)CCCCCN(CCCCC)C(=O)OCCN(CCCN(CC)CC)CCOC(=O)N(CCCCC)CCCCCC(=O)OCC(CCCCC)CCCCC. The normalized spacial score (nSPS) is 11.5. The smallest absolute Gasteiger partial charge is 0.409 e. The van der Waals surface area contributed by atoms with Gasteiger partial charge in [-0.05, 0) is 109 Å². The van der Waals surface area contributed by atoms with Gasteiger partial charge in [0.1, 0.15) is 13.2 Å². The molecule has 0 aliphatic heterocycles. The molecule has 0 fully saturated rings. The molecule has 71 heavy (non-hydrogen) atoms. The topological polar surface area (TPSA) is 118 Å². The predicted molar refractivity (Wildman–Crippen MR) is 296 cm³/mol. The van der Waals surface area contributed by atoms with E-state index in [1.54, 1.807) is 0 Å². The van der Waals surface area contributed by atoms with Crippen LogP contribution in [0.15, 0.2) is 0 Å². The third-order valence-electron chi connectivity index (χ3n) is 14.1. The fraction of sp³-hybridized carbons (Fsp3) is 0.932. The molecular formula is C59H116N4O8. The maximum Gasteiger partial charge on any atom is 0.409 e. The molecule has 0 saturated carbocycles. The van der Waals surface area contributed by atoms with E-state index in [0.717, 1.165) is 135 Å². The molecule has 12 nitrogen and oxygen atoms in total. The summed E-state index contributed by atoms with van der Waals surface area (Å²) in [4.78, 5) is 60.7. The third-order valence-corrected chi connectivity index (χ3v) is 14.1. The Labute approximate surface area is 438 Å². The highest BCUT2D eigenvalue weighted by Gasteiger charge is 2.19. The molecule has 420 valence electrons. The molecule has 0 aromatic heterocycles. The Morgan fingerprint density at radius 1 is 0.324 bits per heavy atom. The number of rotatable bonds is 52. The first kappa shape index (κ1) is 68.4. The fourth-order valence-electron chi connectivity index (χ4n) is 9.21. The summed E-state index contributed by atoms with van der Waals surface area (Å²) in [6.07, 6.45) is 31.4. The first-order valence-electron chi connectivity index (χ1n) is 30.2. The summed E-state index contributed by atoms with van der Waals surface area (Å²) in [5.74, 6) is 0.734. The van der Waals surface area contributed by atoms with Gasteiger partial charge in [-0.15, -0.1) is 0 Å². The molecule has 0 bridgehead atoms. The van der Waals surface area contributed by atoms with Gasteiger partial charge < -0.3 is 33.6 Å². The quantitative estimate of drug-likeness (QED) is 0.0331. The van der Waals surface area contributed by atoms with Crippen molar-refractivity contribution in [1.82, 2.24) is 19.6 Å². The van der Waals surface area contributed by atoms with Crippen molar-refractivity contribution >= 4 is 24.1 Å². The lowest BCUT2D eigenvalue weighted by atomic mass is 9.96. The maximum atomic E-state index is 13.5. The van der Waals surface area contributed by atoms with Gasteiger partial charge in [-0.2, -0.15) is 0 Å². The molecular weight excluding hydrogens is 893 g/mol. The van der Waals surface area contributed by atoms with Crippen molar-refractivity contribution in [3.8, 4) is 0 Å². The van der Waals surface area contributed by atoms with Crippen LogP contribution >= 0.6 is 0 Å². The maximum absolute atomic E-state index is 13.5. The van der Waals surface area contributed by atoms with Gasteiger partial charge in [0.2, 0.25) is 0 Å². The number of esters is 2. The van der Waals surface area contributed by atoms with E-state index in [2.05, 4.69) is 65.2 Å². The molecule has 2 amide bonds. The predicted octanol–water partition coefficient (Wildman–Crippen LogP) is 15.0. The molecule has 0 aliphatic carbocycles. The summed E-state index contributed by atoms with van der Waals surface area (Å²) in [6.45, 7) is 26.7. The van der Waals surface area contributed by atoms with Crippen molar-refractivity contribution in [2.24, 2.45) is 11.8 Å². The van der Waals surface area contributed by atoms with Gasteiger partial charge in [0.15, 0.2) is 0 Å². The van der Waals surface area contributed by atoms with Crippen LogP contribution in [0.25, 0.3) is 0 Å². The lowest BCUT2D eigenvalue weighted by Crippen LogP contribution is -2.39. The summed E-state index contributed by atoms with van der Waals surface area (Å²) >= 11 is 0. The van der Waals surface area contributed by atoms with Crippen molar-refractivity contribution in [3.63, 3.8) is 0 Å². The molecule has 0 N–H and O–H groups in total. The standard InChI is InChI=1S/C59H116N4O8/c1-9-17-25-36-54(37-26-18-10-2)52-70-56(64)40-29-23-33-46-62(44-31-21-13-5)58(66)68-50-48-61(43-35-42-60(15-7)16-8)49-51-69-59(67)63(45-32-22-14-6)47-34-24-30-41-57(65)71-53-55(38-27-19-11-3)39-28-20-12-4/h54-55H,9-53H2,1-8H3. The second-order valence-electron chi connectivity index (χ2n) is 20.5. The van der Waals surface area contributed by atoms with Gasteiger partial charge in [-0.25, -0.2) is 9.59 Å². The van der Waals surface area contributed by atoms with Crippen LogP contribution in [0.2, 0.25) is 0 Å². The van der Waals surface area contributed by atoms with Crippen molar-refractivity contribution in [3.05, 3.63) is 0 Å². The van der Waals surface area contributed by atoms with Crippen molar-refractivity contribution < 1.29 is 38.1 Å². The molecule has 0 heterocycles. The van der Waals surface area contributed by atoms with E-state index in [9.17, 15) is 19.2 Å². The highest BCUT2D eigenvalue weighted by molar-refractivity contribution is 5.70. The van der Waals surface area contributed by atoms with Crippen molar-refractivity contribution in [1.29, 1.82) is 0 Å². The minimum atomic E-state index is -0.281. The van der Waals surface area contributed by atoms with Crippen molar-refractivity contribution in [2.75, 3.05) is 91.9 Å². The zero-order valence-corrected chi connectivity index (χ0v) is 48.0. The van der Waals surface area contributed by atoms with E-state index in [1.165, 1.54) is 77.0 Å². The Bertz CT molecular complexity index is 1120. The number of carbonyl (C=O) groups excluding carboxylic acids is 4. The Hall–Kier alpha value is -2.60. The Kier molecular flexibility index (Phi) is 49.0. The monoisotopic (exact) mass is 1010 g/mol. The number of carbonyl (C=O) groups is 4. The largest absolute Gasteiger partial charge is 0.465 e. The van der Waals surface area contributed by atoms with E-state index in [0.29, 0.717) is 77.2 Å². The summed E-state index contributed by atoms with van der Waals surface area (Å²) in [7, 11) is 0.